The molecular formula is C19H24N2O2. The van der Waals surface area contributed by atoms with Gasteiger partial charge in [-0.2, -0.15) is 0 Å². The SMILES string of the molecule is CCCCCNCc1ccc(Oc2ccccc2C(N)=O)cc1. The summed E-state index contributed by atoms with van der Waals surface area (Å²) < 4.78 is 5.76. The predicted molar refractivity (Wildman–Crippen MR) is 92.7 cm³/mol. The molecule has 2 aromatic rings. The number of hydrogen-bond acceptors (Lipinski definition) is 3. The van der Waals surface area contributed by atoms with Crippen LogP contribution in [0.25, 0.3) is 0 Å². The van der Waals surface area contributed by atoms with Gasteiger partial charge in [-0.3, -0.25) is 4.79 Å². The fraction of sp³-hybridized carbons (Fsp3) is 0.316. The van der Waals surface area contributed by atoms with Gasteiger partial charge in [0.05, 0.1) is 5.56 Å². The molecule has 0 radical (unpaired) electrons. The zero-order valence-corrected chi connectivity index (χ0v) is 13.5. The zero-order chi connectivity index (χ0) is 16.5. The Morgan fingerprint density at radius 3 is 2.52 bits per heavy atom. The molecule has 0 saturated heterocycles. The predicted octanol–water partition coefficient (Wildman–Crippen LogP) is 3.86. The highest BCUT2D eigenvalue weighted by Crippen LogP contribution is 2.25. The normalized spacial score (nSPS) is 10.5. The van der Waals surface area contributed by atoms with Crippen LogP contribution in [-0.4, -0.2) is 12.5 Å². The Hall–Kier alpha value is -2.33. The number of unbranched alkanes of at least 4 members (excludes halogenated alkanes) is 2. The second-order valence-electron chi connectivity index (χ2n) is 5.49. The van der Waals surface area contributed by atoms with Crippen LogP contribution < -0.4 is 15.8 Å². The molecule has 0 aliphatic rings. The van der Waals surface area contributed by atoms with Crippen molar-refractivity contribution in [3.05, 3.63) is 59.7 Å². The zero-order valence-electron chi connectivity index (χ0n) is 13.5. The number of rotatable bonds is 9. The van der Waals surface area contributed by atoms with Crippen molar-refractivity contribution in [2.45, 2.75) is 32.7 Å². The third-order valence-corrected chi connectivity index (χ3v) is 3.59. The van der Waals surface area contributed by atoms with Crippen molar-refractivity contribution in [1.82, 2.24) is 5.32 Å². The molecule has 0 saturated carbocycles. The summed E-state index contributed by atoms with van der Waals surface area (Å²) in [6.45, 7) is 4.09. The van der Waals surface area contributed by atoms with E-state index in [1.54, 1.807) is 18.2 Å². The van der Waals surface area contributed by atoms with Gasteiger partial charge < -0.3 is 15.8 Å². The van der Waals surface area contributed by atoms with Crippen molar-refractivity contribution in [1.29, 1.82) is 0 Å². The van der Waals surface area contributed by atoms with Gasteiger partial charge in [-0.15, -0.1) is 0 Å². The van der Waals surface area contributed by atoms with Crippen molar-refractivity contribution < 1.29 is 9.53 Å². The van der Waals surface area contributed by atoms with Gasteiger partial charge in [0.25, 0.3) is 5.91 Å². The summed E-state index contributed by atoms with van der Waals surface area (Å²) in [5.41, 5.74) is 6.94. The molecule has 0 aliphatic carbocycles. The lowest BCUT2D eigenvalue weighted by Gasteiger charge is -2.10. The van der Waals surface area contributed by atoms with Gasteiger partial charge in [-0.25, -0.2) is 0 Å². The third kappa shape index (κ3) is 5.42. The molecule has 4 nitrogen and oxygen atoms in total. The highest BCUT2D eigenvalue weighted by atomic mass is 16.5. The lowest BCUT2D eigenvalue weighted by molar-refractivity contribution is 0.0998. The van der Waals surface area contributed by atoms with Gasteiger partial charge in [0, 0.05) is 6.54 Å². The van der Waals surface area contributed by atoms with Gasteiger partial charge in [0.15, 0.2) is 0 Å². The van der Waals surface area contributed by atoms with E-state index in [0.717, 1.165) is 13.1 Å². The molecule has 0 atom stereocenters. The summed E-state index contributed by atoms with van der Waals surface area (Å²) in [7, 11) is 0. The summed E-state index contributed by atoms with van der Waals surface area (Å²) in [6, 6.07) is 14.8. The van der Waals surface area contributed by atoms with E-state index >= 15 is 0 Å². The third-order valence-electron chi connectivity index (χ3n) is 3.59. The van der Waals surface area contributed by atoms with Crippen molar-refractivity contribution in [2.24, 2.45) is 5.73 Å². The minimum atomic E-state index is -0.492. The van der Waals surface area contributed by atoms with Crippen molar-refractivity contribution >= 4 is 5.91 Å². The van der Waals surface area contributed by atoms with Gasteiger partial charge in [0.1, 0.15) is 11.5 Å². The molecule has 0 aromatic heterocycles. The van der Waals surface area contributed by atoms with E-state index in [1.807, 2.05) is 30.3 Å². The monoisotopic (exact) mass is 312 g/mol. The molecule has 23 heavy (non-hydrogen) atoms. The molecule has 0 fully saturated rings. The van der Waals surface area contributed by atoms with Crippen LogP contribution in [0.1, 0.15) is 42.1 Å². The Bertz CT molecular complexity index is 624. The maximum Gasteiger partial charge on any atom is 0.252 e. The maximum atomic E-state index is 11.4. The number of amides is 1. The molecule has 2 aromatic carbocycles. The average Bonchev–Trinajstić information content (AvgIpc) is 2.56. The Kier molecular flexibility index (Phi) is 6.63. The number of hydrogen-bond donors (Lipinski definition) is 2. The van der Waals surface area contributed by atoms with Crippen molar-refractivity contribution in [3.8, 4) is 11.5 Å². The number of primary amides is 1. The smallest absolute Gasteiger partial charge is 0.252 e. The summed E-state index contributed by atoms with van der Waals surface area (Å²) in [4.78, 5) is 11.4. The Labute approximate surface area is 137 Å². The van der Waals surface area contributed by atoms with E-state index in [-0.39, 0.29) is 0 Å². The lowest BCUT2D eigenvalue weighted by atomic mass is 10.2. The molecule has 0 heterocycles. The Morgan fingerprint density at radius 1 is 1.09 bits per heavy atom. The molecule has 0 bridgehead atoms. The minimum absolute atomic E-state index is 0.383. The van der Waals surface area contributed by atoms with E-state index in [9.17, 15) is 4.79 Å². The Balaban J connectivity index is 1.91. The minimum Gasteiger partial charge on any atom is -0.457 e. The summed E-state index contributed by atoms with van der Waals surface area (Å²) >= 11 is 0. The van der Waals surface area contributed by atoms with E-state index in [4.69, 9.17) is 10.5 Å². The fourth-order valence-corrected chi connectivity index (χ4v) is 2.29. The molecule has 0 unspecified atom stereocenters. The van der Waals surface area contributed by atoms with E-state index in [1.165, 1.54) is 24.8 Å². The molecule has 4 heteroatoms. The quantitative estimate of drug-likeness (QED) is 0.691. The van der Waals surface area contributed by atoms with E-state index in [0.29, 0.717) is 17.1 Å². The van der Waals surface area contributed by atoms with Gasteiger partial charge in [-0.1, -0.05) is 44.0 Å². The molecule has 3 N–H and O–H groups in total. The Morgan fingerprint density at radius 2 is 1.83 bits per heavy atom. The number of carbonyl (C=O) groups excluding carboxylic acids is 1. The molecule has 0 spiro atoms. The van der Waals surface area contributed by atoms with Crippen LogP contribution in [0, 0.1) is 0 Å². The largest absolute Gasteiger partial charge is 0.457 e. The van der Waals surface area contributed by atoms with E-state index in [2.05, 4.69) is 12.2 Å². The second-order valence-corrected chi connectivity index (χ2v) is 5.49. The molecule has 2 rings (SSSR count). The standard InChI is InChI=1S/C19H24N2O2/c1-2-3-6-13-21-14-15-9-11-16(12-10-15)23-18-8-5-4-7-17(18)19(20)22/h4-5,7-12,21H,2-3,6,13-14H2,1H3,(H2,20,22). The number of nitrogens with one attached hydrogen (secondary N) is 1. The second kappa shape index (κ2) is 8.96. The van der Waals surface area contributed by atoms with Gasteiger partial charge in [-0.05, 0) is 42.8 Å². The maximum absolute atomic E-state index is 11.4. The first kappa shape index (κ1) is 17.0. The van der Waals surface area contributed by atoms with Crippen LogP contribution in [0.3, 0.4) is 0 Å². The molecule has 0 aliphatic heterocycles. The number of carbonyl (C=O) groups is 1. The van der Waals surface area contributed by atoms with Gasteiger partial charge >= 0.3 is 0 Å². The number of ether oxygens (including phenoxy) is 1. The summed E-state index contributed by atoms with van der Waals surface area (Å²) in [6.07, 6.45) is 3.71. The molecule has 1 amide bonds. The first-order chi connectivity index (χ1) is 11.2. The van der Waals surface area contributed by atoms with Crippen LogP contribution in [0.4, 0.5) is 0 Å². The lowest BCUT2D eigenvalue weighted by Crippen LogP contribution is -2.14. The van der Waals surface area contributed by atoms with Crippen molar-refractivity contribution in [2.75, 3.05) is 6.54 Å². The number of para-hydroxylation sites is 1. The summed E-state index contributed by atoms with van der Waals surface area (Å²) in [5.74, 6) is 0.673. The molecular weight excluding hydrogens is 288 g/mol. The first-order valence-corrected chi connectivity index (χ1v) is 8.07. The van der Waals surface area contributed by atoms with Crippen LogP contribution in [0.5, 0.6) is 11.5 Å². The fourth-order valence-electron chi connectivity index (χ4n) is 2.29. The van der Waals surface area contributed by atoms with Gasteiger partial charge in [0.2, 0.25) is 0 Å². The number of nitrogens with two attached hydrogens (primary N) is 1. The number of benzene rings is 2. The van der Waals surface area contributed by atoms with E-state index < -0.39 is 5.91 Å². The van der Waals surface area contributed by atoms with Crippen LogP contribution >= 0.6 is 0 Å². The topological polar surface area (TPSA) is 64.3 Å². The highest BCUT2D eigenvalue weighted by Gasteiger charge is 2.09. The molecule has 122 valence electrons. The summed E-state index contributed by atoms with van der Waals surface area (Å²) in [5, 5.41) is 3.43. The average molecular weight is 312 g/mol. The van der Waals surface area contributed by atoms with Crippen LogP contribution in [-0.2, 0) is 6.54 Å². The van der Waals surface area contributed by atoms with Crippen molar-refractivity contribution in [3.63, 3.8) is 0 Å². The van der Waals surface area contributed by atoms with Crippen LogP contribution in [0.15, 0.2) is 48.5 Å². The highest BCUT2D eigenvalue weighted by molar-refractivity contribution is 5.95. The van der Waals surface area contributed by atoms with Crippen LogP contribution in [0.2, 0.25) is 0 Å². The first-order valence-electron chi connectivity index (χ1n) is 8.07.